The minimum atomic E-state index is -0.661. The maximum Gasteiger partial charge on any atom is 0.208 e. The number of hydrogen-bond donors (Lipinski definition) is 1. The molecule has 0 fully saturated rings. The van der Waals surface area contributed by atoms with Crippen LogP contribution < -0.4 is 4.74 Å². The van der Waals surface area contributed by atoms with E-state index in [1.54, 1.807) is 12.1 Å². The predicted molar refractivity (Wildman–Crippen MR) is 84.6 cm³/mol. The van der Waals surface area contributed by atoms with Gasteiger partial charge in [0.15, 0.2) is 22.7 Å². The molecule has 0 atom stereocenters. The van der Waals surface area contributed by atoms with Crippen LogP contribution in [0.4, 0.5) is 8.78 Å². The van der Waals surface area contributed by atoms with Crippen LogP contribution in [0.5, 0.6) is 5.75 Å². The highest BCUT2D eigenvalue weighted by Crippen LogP contribution is 2.36. The van der Waals surface area contributed by atoms with Crippen LogP contribution in [0.1, 0.15) is 31.7 Å². The summed E-state index contributed by atoms with van der Waals surface area (Å²) >= 11 is 0. The molecule has 0 spiro atoms. The molecule has 23 heavy (non-hydrogen) atoms. The van der Waals surface area contributed by atoms with Gasteiger partial charge in [-0.1, -0.05) is 25.8 Å². The summed E-state index contributed by atoms with van der Waals surface area (Å²) in [5.74, 6) is -1.18. The lowest BCUT2D eigenvalue weighted by Crippen LogP contribution is -1.99. The second kappa shape index (κ2) is 6.54. The predicted octanol–water partition coefficient (Wildman–Crippen LogP) is 4.93. The fourth-order valence-corrected chi connectivity index (χ4v) is 2.63. The van der Waals surface area contributed by atoms with Crippen molar-refractivity contribution in [3.05, 3.63) is 41.5 Å². The Balaban J connectivity index is 2.03. The van der Waals surface area contributed by atoms with Crippen molar-refractivity contribution in [3.63, 3.8) is 0 Å². The molecule has 0 saturated heterocycles. The molecule has 5 heteroatoms. The van der Waals surface area contributed by atoms with E-state index in [0.29, 0.717) is 17.4 Å². The molecule has 0 radical (unpaired) electrons. The summed E-state index contributed by atoms with van der Waals surface area (Å²) < 4.78 is 39.6. The molecule has 0 saturated carbocycles. The maximum atomic E-state index is 14.5. The first-order valence-corrected chi connectivity index (χ1v) is 7.73. The van der Waals surface area contributed by atoms with Crippen LogP contribution in [-0.2, 0) is 6.61 Å². The summed E-state index contributed by atoms with van der Waals surface area (Å²) in [6, 6.07) is 6.30. The topological polar surface area (TPSA) is 42.6 Å². The molecule has 0 aliphatic rings. The number of fused-ring (bicyclic) bond motifs is 3. The Kier molecular flexibility index (Phi) is 4.48. The summed E-state index contributed by atoms with van der Waals surface area (Å²) in [5, 5.41) is 10.1. The highest BCUT2D eigenvalue weighted by molar-refractivity contribution is 6.05. The first-order chi connectivity index (χ1) is 11.2. The van der Waals surface area contributed by atoms with Gasteiger partial charge in [-0.15, -0.1) is 0 Å². The highest BCUT2D eigenvalue weighted by Gasteiger charge is 2.19. The molecule has 3 aromatic rings. The van der Waals surface area contributed by atoms with E-state index in [4.69, 9.17) is 14.3 Å². The van der Waals surface area contributed by atoms with E-state index in [1.165, 1.54) is 12.1 Å². The number of aliphatic hydroxyl groups excluding tert-OH is 1. The van der Waals surface area contributed by atoms with Crippen LogP contribution in [0.3, 0.4) is 0 Å². The van der Waals surface area contributed by atoms with Gasteiger partial charge in [0.2, 0.25) is 5.82 Å². The van der Waals surface area contributed by atoms with Gasteiger partial charge >= 0.3 is 0 Å². The average Bonchev–Trinajstić information content (AvgIpc) is 2.94. The molecule has 0 unspecified atom stereocenters. The molecule has 122 valence electrons. The Morgan fingerprint density at radius 1 is 1.00 bits per heavy atom. The van der Waals surface area contributed by atoms with E-state index in [1.807, 2.05) is 0 Å². The molecule has 2 aromatic carbocycles. The summed E-state index contributed by atoms with van der Waals surface area (Å²) in [5.41, 5.74) is 0.0450. The van der Waals surface area contributed by atoms with Crippen molar-refractivity contribution in [3.8, 4) is 5.75 Å². The third kappa shape index (κ3) is 2.77. The van der Waals surface area contributed by atoms with E-state index < -0.39 is 18.2 Å². The lowest BCUT2D eigenvalue weighted by atomic mass is 10.1. The normalized spacial score (nSPS) is 11.5. The minimum Gasteiger partial charge on any atom is -0.490 e. The van der Waals surface area contributed by atoms with Crippen molar-refractivity contribution in [1.29, 1.82) is 0 Å². The fraction of sp³-hybridized carbons (Fsp3) is 0.333. The monoisotopic (exact) mass is 320 g/mol. The lowest BCUT2D eigenvalue weighted by Gasteiger charge is -2.06. The van der Waals surface area contributed by atoms with Gasteiger partial charge in [0, 0.05) is 16.3 Å². The molecule has 1 heterocycles. The van der Waals surface area contributed by atoms with Gasteiger partial charge in [0.1, 0.15) is 0 Å². The highest BCUT2D eigenvalue weighted by atomic mass is 19.1. The number of rotatable bonds is 6. The molecule has 3 nitrogen and oxygen atoms in total. The molecule has 0 amide bonds. The van der Waals surface area contributed by atoms with Gasteiger partial charge in [-0.2, -0.15) is 4.39 Å². The van der Waals surface area contributed by atoms with E-state index in [9.17, 15) is 8.78 Å². The number of halogens is 2. The van der Waals surface area contributed by atoms with E-state index in [2.05, 4.69) is 6.92 Å². The number of aliphatic hydroxyl groups is 1. The number of unbranched alkanes of at least 4 members (excludes halogenated alkanes) is 2. The Morgan fingerprint density at radius 3 is 2.39 bits per heavy atom. The Morgan fingerprint density at radius 2 is 1.70 bits per heavy atom. The van der Waals surface area contributed by atoms with Gasteiger partial charge in [-0.05, 0) is 24.6 Å². The summed E-state index contributed by atoms with van der Waals surface area (Å²) in [6.45, 7) is 2.07. The van der Waals surface area contributed by atoms with Crippen molar-refractivity contribution < 1.29 is 23.0 Å². The van der Waals surface area contributed by atoms with Gasteiger partial charge in [0.05, 0.1) is 13.2 Å². The molecule has 1 aromatic heterocycles. The van der Waals surface area contributed by atoms with Gasteiger partial charge in [-0.3, -0.25) is 0 Å². The molecular weight excluding hydrogens is 302 g/mol. The molecule has 3 rings (SSSR count). The van der Waals surface area contributed by atoms with E-state index in [-0.39, 0.29) is 22.5 Å². The van der Waals surface area contributed by atoms with Crippen LogP contribution in [0.2, 0.25) is 0 Å². The van der Waals surface area contributed by atoms with Gasteiger partial charge in [0.25, 0.3) is 0 Å². The SMILES string of the molecule is CCCCCOc1ccc2c(oc3c(F)c(CO)ccc32)c1F. The minimum absolute atomic E-state index is 0.0259. The first kappa shape index (κ1) is 15.7. The van der Waals surface area contributed by atoms with E-state index in [0.717, 1.165) is 19.3 Å². The lowest BCUT2D eigenvalue weighted by molar-refractivity contribution is 0.275. The Hall–Kier alpha value is -2.14. The summed E-state index contributed by atoms with van der Waals surface area (Å²) in [4.78, 5) is 0. The van der Waals surface area contributed by atoms with Crippen LogP contribution >= 0.6 is 0 Å². The standard InChI is InChI=1S/C18H18F2O3/c1-2-3-4-9-22-14-8-7-13-12-6-5-11(10-21)15(19)17(12)23-18(13)16(14)20/h5-8,21H,2-4,9-10H2,1H3. The zero-order chi connectivity index (χ0) is 16.4. The third-order valence-corrected chi connectivity index (χ3v) is 3.91. The molecular formula is C18H18F2O3. The second-order valence-electron chi connectivity index (χ2n) is 5.49. The number of furan rings is 1. The first-order valence-electron chi connectivity index (χ1n) is 7.73. The quantitative estimate of drug-likeness (QED) is 0.655. The Labute approximate surface area is 132 Å². The smallest absolute Gasteiger partial charge is 0.208 e. The largest absolute Gasteiger partial charge is 0.490 e. The molecule has 0 bridgehead atoms. The maximum absolute atomic E-state index is 14.5. The van der Waals surface area contributed by atoms with Crippen LogP contribution in [0.15, 0.2) is 28.7 Å². The Bertz CT molecular complexity index is 839. The third-order valence-electron chi connectivity index (χ3n) is 3.91. The molecule has 1 N–H and O–H groups in total. The van der Waals surface area contributed by atoms with Crippen LogP contribution in [0, 0.1) is 11.6 Å². The summed E-state index contributed by atoms with van der Waals surface area (Å²) in [7, 11) is 0. The van der Waals surface area contributed by atoms with Crippen LogP contribution in [0.25, 0.3) is 21.9 Å². The number of ether oxygens (including phenoxy) is 1. The second-order valence-corrected chi connectivity index (χ2v) is 5.49. The van der Waals surface area contributed by atoms with Crippen molar-refractivity contribution in [1.82, 2.24) is 0 Å². The van der Waals surface area contributed by atoms with Crippen molar-refractivity contribution in [2.45, 2.75) is 32.8 Å². The summed E-state index contributed by atoms with van der Waals surface area (Å²) in [6.07, 6.45) is 2.92. The zero-order valence-electron chi connectivity index (χ0n) is 12.9. The van der Waals surface area contributed by atoms with Crippen molar-refractivity contribution in [2.75, 3.05) is 6.61 Å². The molecule has 0 aliphatic heterocycles. The van der Waals surface area contributed by atoms with Crippen LogP contribution in [-0.4, -0.2) is 11.7 Å². The fourth-order valence-electron chi connectivity index (χ4n) is 2.63. The van der Waals surface area contributed by atoms with Gasteiger partial charge < -0.3 is 14.3 Å². The number of benzene rings is 2. The number of hydrogen-bond acceptors (Lipinski definition) is 3. The van der Waals surface area contributed by atoms with E-state index >= 15 is 0 Å². The molecule has 0 aliphatic carbocycles. The average molecular weight is 320 g/mol. The van der Waals surface area contributed by atoms with Crippen molar-refractivity contribution in [2.24, 2.45) is 0 Å². The van der Waals surface area contributed by atoms with Gasteiger partial charge in [-0.25, -0.2) is 4.39 Å². The van der Waals surface area contributed by atoms with Crippen molar-refractivity contribution >= 4 is 21.9 Å². The zero-order valence-corrected chi connectivity index (χ0v) is 12.9.